The number of aromatic nitrogens is 6. The van der Waals surface area contributed by atoms with E-state index >= 15 is 0 Å². The van der Waals surface area contributed by atoms with Crippen LogP contribution in [0.25, 0.3) is 27.8 Å². The van der Waals surface area contributed by atoms with Gasteiger partial charge in [0.05, 0.1) is 27.9 Å². The van der Waals surface area contributed by atoms with Crippen LogP contribution in [-0.4, -0.2) is 62.6 Å². The molecule has 1 amide bonds. The Hall–Kier alpha value is -2.99. The van der Waals surface area contributed by atoms with Gasteiger partial charge in [0.15, 0.2) is 5.65 Å². The zero-order chi connectivity index (χ0) is 24.6. The topological polar surface area (TPSA) is 133 Å². The summed E-state index contributed by atoms with van der Waals surface area (Å²) in [6.45, 7) is 0.151. The van der Waals surface area contributed by atoms with E-state index in [0.29, 0.717) is 22.5 Å². The van der Waals surface area contributed by atoms with Gasteiger partial charge in [-0.25, -0.2) is 23.1 Å². The Balaban J connectivity index is 1.31. The highest BCUT2D eigenvalue weighted by atomic mass is 79.9. The monoisotopic (exact) mass is 557 g/mol. The van der Waals surface area contributed by atoms with Gasteiger partial charge < -0.3 is 5.32 Å². The number of rotatable bonds is 7. The van der Waals surface area contributed by atoms with Crippen molar-refractivity contribution >= 4 is 53.7 Å². The first-order valence-corrected chi connectivity index (χ1v) is 14.2. The Bertz CT molecular complexity index is 1520. The van der Waals surface area contributed by atoms with Crippen molar-refractivity contribution in [2.45, 2.75) is 25.7 Å². The van der Waals surface area contributed by atoms with E-state index < -0.39 is 9.84 Å². The van der Waals surface area contributed by atoms with Crippen molar-refractivity contribution in [1.29, 1.82) is 0 Å². The lowest BCUT2D eigenvalue weighted by Gasteiger charge is -2.12. The van der Waals surface area contributed by atoms with Crippen molar-refractivity contribution in [3.8, 4) is 5.69 Å². The zero-order valence-electron chi connectivity index (χ0n) is 19.1. The van der Waals surface area contributed by atoms with Gasteiger partial charge in [-0.15, -0.1) is 0 Å². The summed E-state index contributed by atoms with van der Waals surface area (Å²) < 4.78 is 25.0. The number of amides is 1. The molecule has 1 saturated carbocycles. The third-order valence-corrected chi connectivity index (χ3v) is 7.81. The second-order valence-corrected chi connectivity index (χ2v) is 12.0. The fraction of sp³-hybridized carbons (Fsp3) is 0.391. The zero-order valence-corrected chi connectivity index (χ0v) is 21.5. The highest BCUT2D eigenvalue weighted by Gasteiger charge is 2.30. The summed E-state index contributed by atoms with van der Waals surface area (Å²) in [6, 6.07) is 5.76. The lowest BCUT2D eigenvalue weighted by molar-refractivity contribution is -0.124. The minimum absolute atomic E-state index is 0.0459. The Kier molecular flexibility index (Phi) is 6.49. The van der Waals surface area contributed by atoms with E-state index in [9.17, 15) is 13.2 Å². The lowest BCUT2D eigenvalue weighted by Crippen LogP contribution is -2.33. The molecule has 2 atom stereocenters. The van der Waals surface area contributed by atoms with Crippen LogP contribution in [-0.2, 0) is 21.1 Å². The number of halogens is 1. The maximum Gasteiger partial charge on any atom is 0.223 e. The molecular formula is C23H24BrN7O3S. The standard InChI is InChI=1S/C23H24BrN7O3S/c1-35(33,34)9-8-27-23(32)15-3-2-14(10-15)11-20-28-13-17-21(24)30-31(22(17)29-20)16-4-5-18-19(12-16)26-7-6-25-18/h4-7,12-15H,2-3,8-11H2,1H3,(H,27,32)/t14-,15-/m1/s1. The number of sulfone groups is 1. The number of nitrogens with one attached hydrogen (secondary N) is 1. The fourth-order valence-electron chi connectivity index (χ4n) is 4.53. The van der Waals surface area contributed by atoms with E-state index in [-0.39, 0.29) is 30.0 Å². The Morgan fingerprint density at radius 1 is 1.17 bits per heavy atom. The van der Waals surface area contributed by atoms with Crippen LogP contribution >= 0.6 is 15.9 Å². The first kappa shape index (κ1) is 23.7. The van der Waals surface area contributed by atoms with Crippen molar-refractivity contribution in [2.75, 3.05) is 18.6 Å². The molecular weight excluding hydrogens is 534 g/mol. The Morgan fingerprint density at radius 2 is 1.97 bits per heavy atom. The third-order valence-electron chi connectivity index (χ3n) is 6.28. The molecule has 1 N–H and O–H groups in total. The molecule has 3 heterocycles. The van der Waals surface area contributed by atoms with Crippen LogP contribution in [0.1, 0.15) is 25.1 Å². The van der Waals surface area contributed by atoms with Gasteiger partial charge in [0.25, 0.3) is 0 Å². The van der Waals surface area contributed by atoms with Crippen LogP contribution in [0.5, 0.6) is 0 Å². The summed E-state index contributed by atoms with van der Waals surface area (Å²) >= 11 is 3.51. The quantitative estimate of drug-likeness (QED) is 0.366. The van der Waals surface area contributed by atoms with E-state index in [0.717, 1.165) is 41.4 Å². The maximum atomic E-state index is 12.4. The van der Waals surface area contributed by atoms with Gasteiger partial charge in [0.1, 0.15) is 20.3 Å². The van der Waals surface area contributed by atoms with Crippen LogP contribution in [0, 0.1) is 11.8 Å². The molecule has 0 radical (unpaired) electrons. The maximum absolute atomic E-state index is 12.4. The molecule has 0 unspecified atom stereocenters. The molecule has 35 heavy (non-hydrogen) atoms. The van der Waals surface area contributed by atoms with E-state index in [1.54, 1.807) is 23.3 Å². The lowest BCUT2D eigenvalue weighted by atomic mass is 10.0. The summed E-state index contributed by atoms with van der Waals surface area (Å²) in [4.78, 5) is 30.5. The van der Waals surface area contributed by atoms with Gasteiger partial charge in [-0.1, -0.05) is 0 Å². The first-order valence-electron chi connectivity index (χ1n) is 11.3. The molecule has 12 heteroatoms. The Morgan fingerprint density at radius 3 is 2.77 bits per heavy atom. The predicted molar refractivity (Wildman–Crippen MR) is 135 cm³/mol. The molecule has 5 rings (SSSR count). The van der Waals surface area contributed by atoms with Crippen molar-refractivity contribution in [3.63, 3.8) is 0 Å². The summed E-state index contributed by atoms with van der Waals surface area (Å²) in [5, 5.41) is 8.17. The number of fused-ring (bicyclic) bond motifs is 2. The van der Waals surface area contributed by atoms with Crippen LogP contribution in [0.3, 0.4) is 0 Å². The van der Waals surface area contributed by atoms with Gasteiger partial charge in [-0.2, -0.15) is 5.10 Å². The molecule has 1 aliphatic carbocycles. The first-order chi connectivity index (χ1) is 16.8. The number of hydrogen-bond acceptors (Lipinski definition) is 8. The summed E-state index contributed by atoms with van der Waals surface area (Å²) in [6.07, 6.45) is 9.33. The van der Waals surface area contributed by atoms with Crippen LogP contribution in [0.15, 0.2) is 41.4 Å². The minimum Gasteiger partial charge on any atom is -0.355 e. The van der Waals surface area contributed by atoms with Crippen LogP contribution in [0.2, 0.25) is 0 Å². The summed E-state index contributed by atoms with van der Waals surface area (Å²) in [5.41, 5.74) is 3.09. The fourth-order valence-corrected chi connectivity index (χ4v) is 5.44. The summed E-state index contributed by atoms with van der Waals surface area (Å²) in [5.74, 6) is 0.759. The smallest absolute Gasteiger partial charge is 0.223 e. The second-order valence-electron chi connectivity index (χ2n) is 8.96. The molecule has 4 aromatic rings. The highest BCUT2D eigenvalue weighted by Crippen LogP contribution is 2.33. The normalized spacial score (nSPS) is 18.3. The highest BCUT2D eigenvalue weighted by molar-refractivity contribution is 9.10. The Labute approximate surface area is 210 Å². The van der Waals surface area contributed by atoms with Crippen LogP contribution < -0.4 is 5.32 Å². The number of hydrogen-bond donors (Lipinski definition) is 1. The van der Waals surface area contributed by atoms with Gasteiger partial charge in [0.2, 0.25) is 5.91 Å². The number of carbonyl (C=O) groups excluding carboxylic acids is 1. The third kappa shape index (κ3) is 5.32. The van der Waals surface area contributed by atoms with Crippen molar-refractivity contribution in [2.24, 2.45) is 11.8 Å². The number of nitrogens with zero attached hydrogens (tertiary/aromatic N) is 6. The van der Waals surface area contributed by atoms with Gasteiger partial charge in [-0.3, -0.25) is 14.8 Å². The minimum atomic E-state index is -3.09. The molecule has 0 saturated heterocycles. The molecule has 1 aliphatic rings. The molecule has 0 aliphatic heterocycles. The molecule has 1 aromatic carbocycles. The van der Waals surface area contributed by atoms with Crippen LogP contribution in [0.4, 0.5) is 0 Å². The molecule has 3 aromatic heterocycles. The molecule has 0 spiro atoms. The van der Waals surface area contributed by atoms with E-state index in [1.807, 2.05) is 18.2 Å². The predicted octanol–water partition coefficient (Wildman–Crippen LogP) is 2.64. The largest absolute Gasteiger partial charge is 0.355 e. The number of benzene rings is 1. The SMILES string of the molecule is CS(=O)(=O)CCNC(=O)[C@@H]1CC[C@@H](Cc2ncc3c(Br)nn(-c4ccc5nccnc5c4)c3n2)C1. The molecule has 0 bridgehead atoms. The van der Waals surface area contributed by atoms with Crippen molar-refractivity contribution in [1.82, 2.24) is 35.0 Å². The van der Waals surface area contributed by atoms with Crippen molar-refractivity contribution in [3.05, 3.63) is 47.2 Å². The molecule has 182 valence electrons. The molecule has 10 nitrogen and oxygen atoms in total. The van der Waals surface area contributed by atoms with Gasteiger partial charge in [0, 0.05) is 43.7 Å². The summed E-state index contributed by atoms with van der Waals surface area (Å²) in [7, 11) is -3.09. The average molecular weight is 558 g/mol. The van der Waals surface area contributed by atoms with Gasteiger partial charge in [-0.05, 0) is 59.3 Å². The molecule has 1 fully saturated rings. The van der Waals surface area contributed by atoms with Gasteiger partial charge >= 0.3 is 0 Å². The van der Waals surface area contributed by atoms with E-state index in [1.165, 1.54) is 6.26 Å². The second kappa shape index (κ2) is 9.57. The van der Waals surface area contributed by atoms with E-state index in [4.69, 9.17) is 4.98 Å². The van der Waals surface area contributed by atoms with E-state index in [2.05, 4.69) is 41.3 Å². The average Bonchev–Trinajstić information content (AvgIpc) is 3.42. The number of carbonyl (C=O) groups is 1. The van der Waals surface area contributed by atoms with Crippen molar-refractivity contribution < 1.29 is 13.2 Å².